The molecule has 0 unspecified atom stereocenters. The van der Waals surface area contributed by atoms with Crippen molar-refractivity contribution in [1.82, 2.24) is 0 Å². The van der Waals surface area contributed by atoms with Gasteiger partial charge >= 0.3 is 0 Å². The van der Waals surface area contributed by atoms with E-state index in [9.17, 15) is 0 Å². The molecule has 0 fully saturated rings. The van der Waals surface area contributed by atoms with Crippen molar-refractivity contribution in [2.24, 2.45) is 5.41 Å². The Morgan fingerprint density at radius 3 is 1.91 bits per heavy atom. The maximum Gasteiger partial charge on any atom is 0.117 e. The molecule has 0 amide bonds. The van der Waals surface area contributed by atoms with E-state index in [0.29, 0.717) is 0 Å². The van der Waals surface area contributed by atoms with Gasteiger partial charge in [0.05, 0.1) is 7.11 Å². The van der Waals surface area contributed by atoms with Crippen molar-refractivity contribution in [2.75, 3.05) is 7.11 Å². The molecule has 0 aromatic rings. The molecule has 1 nitrogen and oxygen atoms in total. The molecule has 0 heterocycles. The summed E-state index contributed by atoms with van der Waals surface area (Å²) < 4.78 is 5.15. The molecule has 0 rings (SSSR count). The summed E-state index contributed by atoms with van der Waals surface area (Å²) in [6.07, 6.45) is 1.94. The van der Waals surface area contributed by atoms with Crippen LogP contribution in [0.1, 0.15) is 27.7 Å². The van der Waals surface area contributed by atoms with Crippen molar-refractivity contribution >= 4 is 0 Å². The van der Waals surface area contributed by atoms with Crippen molar-refractivity contribution in [1.29, 1.82) is 0 Å². The molecule has 0 radical (unpaired) electrons. The van der Waals surface area contributed by atoms with E-state index in [1.165, 1.54) is 0 Å². The lowest BCUT2D eigenvalue weighted by Crippen LogP contribution is -2.11. The monoisotopic (exact) mass is 154 g/mol. The molecule has 64 valence electrons. The first kappa shape index (κ1) is 10.3. The van der Waals surface area contributed by atoms with Crippen molar-refractivity contribution in [3.05, 3.63) is 24.0 Å². The van der Waals surface area contributed by atoms with Crippen LogP contribution in [0.2, 0.25) is 0 Å². The van der Waals surface area contributed by atoms with E-state index < -0.39 is 0 Å². The predicted molar refractivity (Wildman–Crippen MR) is 49.4 cm³/mol. The van der Waals surface area contributed by atoms with Crippen molar-refractivity contribution in [3.63, 3.8) is 0 Å². The molecule has 0 atom stereocenters. The van der Waals surface area contributed by atoms with Crippen molar-refractivity contribution < 1.29 is 4.74 Å². The molecule has 11 heavy (non-hydrogen) atoms. The van der Waals surface area contributed by atoms with Gasteiger partial charge in [0, 0.05) is 0 Å². The largest absolute Gasteiger partial charge is 0.497 e. The first-order chi connectivity index (χ1) is 4.93. The Labute approximate surface area is 69.8 Å². The van der Waals surface area contributed by atoms with E-state index in [2.05, 4.69) is 27.4 Å². The Kier molecular flexibility index (Phi) is 3.37. The van der Waals surface area contributed by atoms with Gasteiger partial charge in [0.15, 0.2) is 0 Å². The first-order valence-electron chi connectivity index (χ1n) is 3.83. The van der Waals surface area contributed by atoms with E-state index in [-0.39, 0.29) is 5.41 Å². The topological polar surface area (TPSA) is 9.23 Å². The quantitative estimate of drug-likeness (QED) is 0.438. The second kappa shape index (κ2) is 3.61. The Morgan fingerprint density at radius 2 is 1.82 bits per heavy atom. The maximum atomic E-state index is 5.15. The molecular weight excluding hydrogens is 136 g/mol. The molecule has 0 spiro atoms. The highest BCUT2D eigenvalue weighted by atomic mass is 16.5. The van der Waals surface area contributed by atoms with E-state index >= 15 is 0 Å². The van der Waals surface area contributed by atoms with Crippen LogP contribution in [0.25, 0.3) is 0 Å². The normalized spacial score (nSPS) is 13.0. The third kappa shape index (κ3) is 2.79. The Hall–Kier alpha value is -0.720. The summed E-state index contributed by atoms with van der Waals surface area (Å²) in [5, 5.41) is 0. The average molecular weight is 154 g/mol. The highest BCUT2D eigenvalue weighted by Crippen LogP contribution is 2.29. The highest BCUT2D eigenvalue weighted by molar-refractivity contribution is 5.27. The van der Waals surface area contributed by atoms with Crippen LogP contribution in [-0.4, -0.2) is 7.11 Å². The van der Waals surface area contributed by atoms with E-state index in [1.807, 2.05) is 13.0 Å². The van der Waals surface area contributed by atoms with Crippen LogP contribution >= 0.6 is 0 Å². The lowest BCUT2D eigenvalue weighted by Gasteiger charge is -2.22. The molecule has 0 aliphatic heterocycles. The van der Waals surface area contributed by atoms with Gasteiger partial charge in [-0.25, -0.2) is 0 Å². The van der Waals surface area contributed by atoms with Gasteiger partial charge in [0.2, 0.25) is 0 Å². The average Bonchev–Trinajstić information content (AvgIpc) is 1.88. The zero-order valence-corrected chi connectivity index (χ0v) is 8.19. The van der Waals surface area contributed by atoms with Crippen LogP contribution in [-0.2, 0) is 4.74 Å². The standard InChI is InChI=1S/C10H18O/c1-7-9(11-6)8(2)10(3,4)5/h7H,2H2,1,3-6H3/b9-7+. The SMILES string of the molecule is C=C(/C(=C\C)OC)C(C)(C)C. The fourth-order valence-corrected chi connectivity index (χ4v) is 0.785. The molecule has 0 aliphatic carbocycles. The van der Waals surface area contributed by atoms with E-state index in [0.717, 1.165) is 11.3 Å². The molecule has 1 heteroatoms. The van der Waals surface area contributed by atoms with Gasteiger partial charge < -0.3 is 4.74 Å². The second-order valence-corrected chi connectivity index (χ2v) is 3.59. The fourth-order valence-electron chi connectivity index (χ4n) is 0.785. The van der Waals surface area contributed by atoms with Crippen LogP contribution < -0.4 is 0 Å². The first-order valence-corrected chi connectivity index (χ1v) is 3.83. The van der Waals surface area contributed by atoms with Crippen LogP contribution in [0, 0.1) is 5.41 Å². The lowest BCUT2D eigenvalue weighted by atomic mass is 9.86. The molecular formula is C10H18O. The fraction of sp³-hybridized carbons (Fsp3) is 0.600. The van der Waals surface area contributed by atoms with Crippen LogP contribution in [0.5, 0.6) is 0 Å². The van der Waals surface area contributed by atoms with Crippen molar-refractivity contribution in [2.45, 2.75) is 27.7 Å². The summed E-state index contributed by atoms with van der Waals surface area (Å²) in [6.45, 7) is 12.3. The molecule has 0 bridgehead atoms. The predicted octanol–water partition coefficient (Wildman–Crippen LogP) is 3.14. The summed E-state index contributed by atoms with van der Waals surface area (Å²) in [7, 11) is 1.67. The second-order valence-electron chi connectivity index (χ2n) is 3.59. The minimum absolute atomic E-state index is 0.0951. The Morgan fingerprint density at radius 1 is 1.36 bits per heavy atom. The van der Waals surface area contributed by atoms with Crippen molar-refractivity contribution in [3.8, 4) is 0 Å². The molecule has 0 aliphatic rings. The molecule has 0 saturated carbocycles. The summed E-state index contributed by atoms with van der Waals surface area (Å²) in [5.41, 5.74) is 1.14. The minimum Gasteiger partial charge on any atom is -0.497 e. The van der Waals surface area contributed by atoms with Gasteiger partial charge in [-0.3, -0.25) is 0 Å². The van der Waals surface area contributed by atoms with Gasteiger partial charge in [-0.05, 0) is 24.0 Å². The van der Waals surface area contributed by atoms with Crippen LogP contribution in [0.4, 0.5) is 0 Å². The maximum absolute atomic E-state index is 5.15. The van der Waals surface area contributed by atoms with E-state index in [1.54, 1.807) is 7.11 Å². The molecule has 0 N–H and O–H groups in total. The van der Waals surface area contributed by atoms with Gasteiger partial charge in [-0.2, -0.15) is 0 Å². The lowest BCUT2D eigenvalue weighted by molar-refractivity contribution is 0.282. The van der Waals surface area contributed by atoms with Gasteiger partial charge in [0.25, 0.3) is 0 Å². The highest BCUT2D eigenvalue weighted by Gasteiger charge is 2.18. The number of hydrogen-bond acceptors (Lipinski definition) is 1. The number of allylic oxidation sites excluding steroid dienone is 2. The minimum atomic E-state index is 0.0951. The van der Waals surface area contributed by atoms with E-state index in [4.69, 9.17) is 4.74 Å². The zero-order valence-electron chi connectivity index (χ0n) is 8.19. The summed E-state index contributed by atoms with van der Waals surface area (Å²) >= 11 is 0. The third-order valence-electron chi connectivity index (χ3n) is 1.68. The zero-order chi connectivity index (χ0) is 9.07. The number of hydrogen-bond donors (Lipinski definition) is 0. The third-order valence-corrected chi connectivity index (χ3v) is 1.68. The number of rotatable bonds is 2. The molecule has 0 saturated heterocycles. The molecule has 0 aromatic carbocycles. The Balaban J connectivity index is 4.49. The van der Waals surface area contributed by atoms with Crippen LogP contribution in [0.3, 0.4) is 0 Å². The van der Waals surface area contributed by atoms with Crippen LogP contribution in [0.15, 0.2) is 24.0 Å². The van der Waals surface area contributed by atoms with Gasteiger partial charge in [-0.1, -0.05) is 27.4 Å². The summed E-state index contributed by atoms with van der Waals surface area (Å²) in [4.78, 5) is 0. The van der Waals surface area contributed by atoms with Gasteiger partial charge in [-0.15, -0.1) is 0 Å². The smallest absolute Gasteiger partial charge is 0.117 e. The molecule has 0 aromatic heterocycles. The summed E-state index contributed by atoms with van der Waals surface area (Å²) in [6, 6.07) is 0. The number of methoxy groups -OCH3 is 1. The Bertz CT molecular complexity index is 170. The summed E-state index contributed by atoms with van der Waals surface area (Å²) in [5.74, 6) is 0.887. The van der Waals surface area contributed by atoms with Gasteiger partial charge in [0.1, 0.15) is 5.76 Å². The number of ether oxygens (including phenoxy) is 1.